The Bertz CT molecular complexity index is 637. The highest BCUT2D eigenvalue weighted by molar-refractivity contribution is 7.71. The summed E-state index contributed by atoms with van der Waals surface area (Å²) >= 11 is 5.49. The number of aromatic nitrogens is 4. The second-order valence-electron chi connectivity index (χ2n) is 5.38. The number of tetrazole rings is 1. The topological polar surface area (TPSA) is 35.6 Å². The van der Waals surface area contributed by atoms with Gasteiger partial charge in [-0.15, -0.1) is 0 Å². The van der Waals surface area contributed by atoms with Crippen LogP contribution in [0.3, 0.4) is 0 Å². The lowest BCUT2D eigenvalue weighted by Crippen LogP contribution is -2.07. The fraction of sp³-hybridized carbons (Fsp3) is 0.500. The molecular weight excluding hydrogens is 256 g/mol. The lowest BCUT2D eigenvalue weighted by Gasteiger charge is -2.14. The molecule has 1 aromatic carbocycles. The number of nitrogens with zero attached hydrogens (tertiary/aromatic N) is 4. The van der Waals surface area contributed by atoms with Gasteiger partial charge in [0.25, 0.3) is 0 Å². The van der Waals surface area contributed by atoms with Gasteiger partial charge in [0.05, 0.1) is 11.7 Å². The van der Waals surface area contributed by atoms with Crippen LogP contribution in [0.15, 0.2) is 18.2 Å². The van der Waals surface area contributed by atoms with E-state index in [4.69, 9.17) is 12.2 Å². The molecule has 5 heteroatoms. The Balaban J connectivity index is 2.69. The highest BCUT2D eigenvalue weighted by Gasteiger charge is 2.15. The summed E-state index contributed by atoms with van der Waals surface area (Å²) in [6.45, 7) is 10.5. The first-order chi connectivity index (χ1) is 8.93. The van der Waals surface area contributed by atoms with E-state index >= 15 is 0 Å². The maximum absolute atomic E-state index is 5.49. The van der Waals surface area contributed by atoms with Crippen molar-refractivity contribution in [3.8, 4) is 5.69 Å². The van der Waals surface area contributed by atoms with Gasteiger partial charge in [0.2, 0.25) is 4.77 Å². The standard InChI is InChI=1S/C14H20N4S/c1-9(2)12-8-6-7-11(5)13(12)18-14(19)17(10(3)4)15-16-18/h6-10H,1-5H3. The third kappa shape index (κ3) is 2.47. The van der Waals surface area contributed by atoms with E-state index in [1.54, 1.807) is 9.36 Å². The predicted octanol–water partition coefficient (Wildman–Crippen LogP) is 3.81. The smallest absolute Gasteiger partial charge is 0.216 e. The van der Waals surface area contributed by atoms with Gasteiger partial charge >= 0.3 is 0 Å². The summed E-state index contributed by atoms with van der Waals surface area (Å²) in [5.74, 6) is 0.418. The highest BCUT2D eigenvalue weighted by atomic mass is 32.1. The van der Waals surface area contributed by atoms with Crippen LogP contribution in [0.2, 0.25) is 0 Å². The highest BCUT2D eigenvalue weighted by Crippen LogP contribution is 2.25. The Morgan fingerprint density at radius 2 is 1.79 bits per heavy atom. The maximum atomic E-state index is 5.49. The van der Waals surface area contributed by atoms with E-state index < -0.39 is 0 Å². The van der Waals surface area contributed by atoms with Crippen molar-refractivity contribution < 1.29 is 0 Å². The molecule has 0 amide bonds. The fourth-order valence-corrected chi connectivity index (χ4v) is 2.53. The Morgan fingerprint density at radius 3 is 2.32 bits per heavy atom. The van der Waals surface area contributed by atoms with Gasteiger partial charge in [0.15, 0.2) is 0 Å². The first kappa shape index (κ1) is 13.9. The molecule has 2 aromatic rings. The van der Waals surface area contributed by atoms with Crippen LogP contribution in [0.5, 0.6) is 0 Å². The van der Waals surface area contributed by atoms with Crippen molar-refractivity contribution in [2.24, 2.45) is 0 Å². The van der Waals surface area contributed by atoms with Crippen LogP contribution in [-0.2, 0) is 0 Å². The molecule has 0 saturated carbocycles. The van der Waals surface area contributed by atoms with Crippen molar-refractivity contribution in [2.75, 3.05) is 0 Å². The molecule has 2 rings (SSSR count). The molecule has 0 saturated heterocycles. The van der Waals surface area contributed by atoms with Gasteiger partial charge in [-0.1, -0.05) is 32.0 Å². The average molecular weight is 276 g/mol. The van der Waals surface area contributed by atoms with E-state index in [0.717, 1.165) is 11.3 Å². The van der Waals surface area contributed by atoms with Crippen molar-refractivity contribution in [1.29, 1.82) is 0 Å². The zero-order chi connectivity index (χ0) is 14.2. The molecule has 1 heterocycles. The Kier molecular flexibility index (Phi) is 3.85. The van der Waals surface area contributed by atoms with Crippen molar-refractivity contribution in [2.45, 2.75) is 46.6 Å². The molecule has 0 fully saturated rings. The molecule has 1 aromatic heterocycles. The van der Waals surface area contributed by atoms with Crippen molar-refractivity contribution in [3.05, 3.63) is 34.1 Å². The third-order valence-electron chi connectivity index (χ3n) is 3.19. The number of benzene rings is 1. The quantitative estimate of drug-likeness (QED) is 0.800. The maximum Gasteiger partial charge on any atom is 0.220 e. The van der Waals surface area contributed by atoms with Crippen LogP contribution >= 0.6 is 12.2 Å². The molecule has 0 radical (unpaired) electrons. The third-order valence-corrected chi connectivity index (χ3v) is 3.55. The SMILES string of the molecule is Cc1cccc(C(C)C)c1-n1nnn(C(C)C)c1=S. The summed E-state index contributed by atoms with van der Waals surface area (Å²) in [5, 5.41) is 8.40. The Hall–Kier alpha value is -1.49. The second-order valence-corrected chi connectivity index (χ2v) is 5.74. The number of aryl methyl sites for hydroxylation is 1. The molecule has 0 atom stereocenters. The van der Waals surface area contributed by atoms with Gasteiger partial charge < -0.3 is 0 Å². The van der Waals surface area contributed by atoms with Gasteiger partial charge in [-0.25, -0.2) is 4.68 Å². The largest absolute Gasteiger partial charge is 0.220 e. The van der Waals surface area contributed by atoms with E-state index in [2.05, 4.69) is 63.2 Å². The molecule has 0 aliphatic rings. The first-order valence-corrected chi connectivity index (χ1v) is 6.98. The van der Waals surface area contributed by atoms with E-state index in [1.165, 1.54) is 5.56 Å². The predicted molar refractivity (Wildman–Crippen MR) is 79.4 cm³/mol. The fourth-order valence-electron chi connectivity index (χ4n) is 2.16. The summed E-state index contributed by atoms with van der Waals surface area (Å²) in [5.41, 5.74) is 3.47. The minimum atomic E-state index is 0.216. The van der Waals surface area contributed by atoms with Crippen LogP contribution in [0.4, 0.5) is 0 Å². The van der Waals surface area contributed by atoms with E-state index in [9.17, 15) is 0 Å². The molecule has 102 valence electrons. The van der Waals surface area contributed by atoms with Gasteiger partial charge in [-0.05, 0) is 60.5 Å². The Morgan fingerprint density at radius 1 is 1.11 bits per heavy atom. The molecular formula is C14H20N4S. The van der Waals surface area contributed by atoms with E-state index in [0.29, 0.717) is 10.7 Å². The zero-order valence-corrected chi connectivity index (χ0v) is 12.9. The lowest BCUT2D eigenvalue weighted by atomic mass is 9.98. The van der Waals surface area contributed by atoms with E-state index in [-0.39, 0.29) is 6.04 Å². The van der Waals surface area contributed by atoms with Crippen LogP contribution in [-0.4, -0.2) is 19.8 Å². The number of rotatable bonds is 3. The summed E-state index contributed by atoms with van der Waals surface area (Å²) in [6.07, 6.45) is 0. The minimum absolute atomic E-state index is 0.216. The van der Waals surface area contributed by atoms with Crippen molar-refractivity contribution in [3.63, 3.8) is 0 Å². The average Bonchev–Trinajstić information content (AvgIpc) is 2.70. The van der Waals surface area contributed by atoms with Crippen LogP contribution < -0.4 is 0 Å². The monoisotopic (exact) mass is 276 g/mol. The van der Waals surface area contributed by atoms with Gasteiger partial charge in [0.1, 0.15) is 0 Å². The summed E-state index contributed by atoms with van der Waals surface area (Å²) in [6, 6.07) is 6.50. The van der Waals surface area contributed by atoms with E-state index in [1.807, 2.05) is 0 Å². The molecule has 0 aliphatic carbocycles. The molecule has 0 spiro atoms. The number of hydrogen-bond acceptors (Lipinski definition) is 3. The zero-order valence-electron chi connectivity index (χ0n) is 12.1. The van der Waals surface area contributed by atoms with Crippen LogP contribution in [0.1, 0.15) is 50.8 Å². The molecule has 0 bridgehead atoms. The normalized spacial score (nSPS) is 11.5. The summed E-state index contributed by atoms with van der Waals surface area (Å²) in [4.78, 5) is 0. The minimum Gasteiger partial charge on any atom is -0.216 e. The van der Waals surface area contributed by atoms with Crippen LogP contribution in [0.25, 0.3) is 5.69 Å². The molecule has 0 unspecified atom stereocenters. The molecule has 4 nitrogen and oxygen atoms in total. The Labute approximate surface area is 119 Å². The van der Waals surface area contributed by atoms with Gasteiger partial charge in [0, 0.05) is 0 Å². The number of hydrogen-bond donors (Lipinski definition) is 0. The summed E-state index contributed by atoms with van der Waals surface area (Å²) in [7, 11) is 0. The van der Waals surface area contributed by atoms with Gasteiger partial charge in [-0.3, -0.25) is 0 Å². The lowest BCUT2D eigenvalue weighted by molar-refractivity contribution is 0.508. The molecule has 0 aliphatic heterocycles. The second kappa shape index (κ2) is 5.25. The van der Waals surface area contributed by atoms with Gasteiger partial charge in [-0.2, -0.15) is 4.68 Å². The van der Waals surface area contributed by atoms with Crippen molar-refractivity contribution in [1.82, 2.24) is 19.8 Å². The molecule has 19 heavy (non-hydrogen) atoms. The first-order valence-electron chi connectivity index (χ1n) is 6.58. The number of para-hydroxylation sites is 1. The molecule has 0 N–H and O–H groups in total. The van der Waals surface area contributed by atoms with Crippen molar-refractivity contribution >= 4 is 12.2 Å². The van der Waals surface area contributed by atoms with Crippen LogP contribution in [0, 0.1) is 11.7 Å². The summed E-state index contributed by atoms with van der Waals surface area (Å²) < 4.78 is 4.19.